The molecule has 0 amide bonds. The number of nitrogen functional groups attached to an aromatic ring is 1. The predicted octanol–water partition coefficient (Wildman–Crippen LogP) is 2.08. The number of nitrogens with zero attached hydrogens (tertiary/aromatic N) is 1. The van der Waals surface area contributed by atoms with Crippen molar-refractivity contribution in [3.63, 3.8) is 0 Å². The first-order valence-electron chi connectivity index (χ1n) is 5.84. The number of rotatable bonds is 4. The molecular weight excluding hydrogens is 274 g/mol. The van der Waals surface area contributed by atoms with Crippen molar-refractivity contribution in [1.82, 2.24) is 0 Å². The van der Waals surface area contributed by atoms with Crippen LogP contribution in [0.15, 0.2) is 48.5 Å². The normalized spacial score (nSPS) is 10.8. The van der Waals surface area contributed by atoms with Gasteiger partial charge in [0.15, 0.2) is 0 Å². The van der Waals surface area contributed by atoms with Gasteiger partial charge in [-0.2, -0.15) is 5.26 Å². The quantitative estimate of drug-likeness (QED) is 0.841. The van der Waals surface area contributed by atoms with E-state index in [0.717, 1.165) is 0 Å². The molecule has 0 bridgehead atoms. The van der Waals surface area contributed by atoms with Gasteiger partial charge in [0, 0.05) is 11.4 Å². The van der Waals surface area contributed by atoms with Gasteiger partial charge < -0.3 is 5.73 Å². The molecule has 0 saturated heterocycles. The van der Waals surface area contributed by atoms with E-state index in [-0.39, 0.29) is 5.75 Å². The summed E-state index contributed by atoms with van der Waals surface area (Å²) in [5, 5.41) is 8.79. The maximum Gasteiger partial charge on any atom is 0.236 e. The molecule has 0 saturated carbocycles. The van der Waals surface area contributed by atoms with Gasteiger partial charge >= 0.3 is 0 Å². The Hall–Kier alpha value is -2.52. The van der Waals surface area contributed by atoms with Crippen LogP contribution in [0.5, 0.6) is 0 Å². The number of hydrogen-bond donors (Lipinski definition) is 2. The number of para-hydroxylation sites is 1. The number of hydrogen-bond acceptors (Lipinski definition) is 4. The molecule has 2 aromatic carbocycles. The van der Waals surface area contributed by atoms with Crippen LogP contribution in [0, 0.1) is 11.3 Å². The van der Waals surface area contributed by atoms with Crippen molar-refractivity contribution in [2.24, 2.45) is 0 Å². The van der Waals surface area contributed by atoms with Gasteiger partial charge in [-0.3, -0.25) is 4.72 Å². The summed E-state index contributed by atoms with van der Waals surface area (Å²) < 4.78 is 26.6. The van der Waals surface area contributed by atoms with Crippen molar-refractivity contribution >= 4 is 21.4 Å². The van der Waals surface area contributed by atoms with Gasteiger partial charge in [0.05, 0.1) is 17.4 Å². The third-order valence-electron chi connectivity index (χ3n) is 2.67. The molecule has 0 atom stereocenters. The second-order valence-electron chi connectivity index (χ2n) is 4.25. The zero-order valence-electron chi connectivity index (χ0n) is 10.6. The number of nitriles is 1. The van der Waals surface area contributed by atoms with Crippen molar-refractivity contribution < 1.29 is 8.42 Å². The summed E-state index contributed by atoms with van der Waals surface area (Å²) in [4.78, 5) is 0. The lowest BCUT2D eigenvalue weighted by atomic mass is 10.2. The first kappa shape index (κ1) is 13.9. The Morgan fingerprint density at radius 1 is 1.15 bits per heavy atom. The van der Waals surface area contributed by atoms with Crippen molar-refractivity contribution in [3.05, 3.63) is 59.7 Å². The fourth-order valence-corrected chi connectivity index (χ4v) is 2.97. The second-order valence-corrected chi connectivity index (χ2v) is 5.97. The van der Waals surface area contributed by atoms with E-state index in [1.54, 1.807) is 42.5 Å². The molecule has 0 aliphatic carbocycles. The van der Waals surface area contributed by atoms with Crippen molar-refractivity contribution in [2.45, 2.75) is 5.75 Å². The first-order valence-corrected chi connectivity index (χ1v) is 7.49. The molecule has 20 heavy (non-hydrogen) atoms. The van der Waals surface area contributed by atoms with Crippen molar-refractivity contribution in [1.29, 1.82) is 5.26 Å². The van der Waals surface area contributed by atoms with Crippen LogP contribution in [-0.4, -0.2) is 8.42 Å². The summed E-state index contributed by atoms with van der Waals surface area (Å²) >= 11 is 0. The Bertz CT molecular complexity index is 764. The van der Waals surface area contributed by atoms with E-state index in [1.807, 2.05) is 6.07 Å². The van der Waals surface area contributed by atoms with Crippen LogP contribution >= 0.6 is 0 Å². The molecule has 2 rings (SSSR count). The van der Waals surface area contributed by atoms with E-state index in [9.17, 15) is 8.42 Å². The van der Waals surface area contributed by atoms with E-state index in [1.165, 1.54) is 6.07 Å². The molecule has 0 aliphatic heterocycles. The first-order chi connectivity index (χ1) is 9.50. The van der Waals surface area contributed by atoms with Gasteiger partial charge in [-0.25, -0.2) is 8.42 Å². The third kappa shape index (κ3) is 3.49. The lowest BCUT2D eigenvalue weighted by Gasteiger charge is -2.09. The minimum atomic E-state index is -3.57. The fourth-order valence-electron chi connectivity index (χ4n) is 1.74. The molecule has 2 aromatic rings. The third-order valence-corrected chi connectivity index (χ3v) is 3.90. The van der Waals surface area contributed by atoms with Gasteiger partial charge in [0.25, 0.3) is 0 Å². The summed E-state index contributed by atoms with van der Waals surface area (Å²) in [5.41, 5.74) is 7.46. The summed E-state index contributed by atoms with van der Waals surface area (Å²) in [7, 11) is -3.57. The predicted molar refractivity (Wildman–Crippen MR) is 78.3 cm³/mol. The molecule has 0 spiro atoms. The van der Waals surface area contributed by atoms with Crippen LogP contribution < -0.4 is 10.5 Å². The molecule has 3 N–H and O–H groups in total. The minimum absolute atomic E-state index is 0.212. The monoisotopic (exact) mass is 287 g/mol. The van der Waals surface area contributed by atoms with Crippen LogP contribution in [-0.2, 0) is 15.8 Å². The highest BCUT2D eigenvalue weighted by molar-refractivity contribution is 7.91. The lowest BCUT2D eigenvalue weighted by Crippen LogP contribution is -2.16. The summed E-state index contributed by atoms with van der Waals surface area (Å²) in [5.74, 6) is -0.212. The van der Waals surface area contributed by atoms with Crippen LogP contribution in [0.4, 0.5) is 11.4 Å². The smallest absolute Gasteiger partial charge is 0.236 e. The van der Waals surface area contributed by atoms with Crippen LogP contribution in [0.2, 0.25) is 0 Å². The lowest BCUT2D eigenvalue weighted by molar-refractivity contribution is 0.600. The highest BCUT2D eigenvalue weighted by Crippen LogP contribution is 2.17. The highest BCUT2D eigenvalue weighted by Gasteiger charge is 2.13. The standard InChI is InChI=1S/C14H13N3O2S/c15-9-11-4-3-6-13(8-11)17-20(18,19)10-12-5-1-2-7-14(12)16/h1-8,17H,10,16H2. The summed E-state index contributed by atoms with van der Waals surface area (Å²) in [6.07, 6.45) is 0. The van der Waals surface area contributed by atoms with Crippen LogP contribution in [0.1, 0.15) is 11.1 Å². The molecule has 0 aromatic heterocycles. The van der Waals surface area contributed by atoms with E-state index in [4.69, 9.17) is 11.0 Å². The molecular formula is C14H13N3O2S. The van der Waals surface area contributed by atoms with E-state index in [2.05, 4.69) is 4.72 Å². The van der Waals surface area contributed by atoms with E-state index < -0.39 is 10.0 Å². The number of sulfonamides is 1. The molecule has 0 unspecified atom stereocenters. The van der Waals surface area contributed by atoms with E-state index in [0.29, 0.717) is 22.5 Å². The Morgan fingerprint density at radius 3 is 2.60 bits per heavy atom. The Kier molecular flexibility index (Phi) is 3.91. The number of nitrogens with two attached hydrogens (primary N) is 1. The van der Waals surface area contributed by atoms with Gasteiger partial charge in [-0.05, 0) is 29.8 Å². The molecule has 6 heteroatoms. The Morgan fingerprint density at radius 2 is 1.90 bits per heavy atom. The molecule has 0 heterocycles. The molecule has 0 fully saturated rings. The molecule has 0 aliphatic rings. The fraction of sp³-hybridized carbons (Fsp3) is 0.0714. The number of benzene rings is 2. The zero-order chi connectivity index (χ0) is 14.6. The average molecular weight is 287 g/mol. The summed E-state index contributed by atoms with van der Waals surface area (Å²) in [6.45, 7) is 0. The van der Waals surface area contributed by atoms with E-state index >= 15 is 0 Å². The Labute approximate surface area is 117 Å². The largest absolute Gasteiger partial charge is 0.398 e. The molecule has 0 radical (unpaired) electrons. The van der Waals surface area contributed by atoms with Gasteiger partial charge in [-0.1, -0.05) is 24.3 Å². The zero-order valence-corrected chi connectivity index (χ0v) is 11.4. The summed E-state index contributed by atoms with van der Waals surface area (Å²) in [6, 6.07) is 15.0. The second kappa shape index (κ2) is 5.63. The average Bonchev–Trinajstić information content (AvgIpc) is 2.41. The maximum atomic E-state index is 12.1. The van der Waals surface area contributed by atoms with Gasteiger partial charge in [-0.15, -0.1) is 0 Å². The minimum Gasteiger partial charge on any atom is -0.398 e. The SMILES string of the molecule is N#Cc1cccc(NS(=O)(=O)Cc2ccccc2N)c1. The van der Waals surface area contributed by atoms with Gasteiger partial charge in [0.2, 0.25) is 10.0 Å². The topological polar surface area (TPSA) is 96.0 Å². The molecule has 102 valence electrons. The highest BCUT2D eigenvalue weighted by atomic mass is 32.2. The maximum absolute atomic E-state index is 12.1. The van der Waals surface area contributed by atoms with Crippen LogP contribution in [0.3, 0.4) is 0 Å². The van der Waals surface area contributed by atoms with Crippen molar-refractivity contribution in [2.75, 3.05) is 10.5 Å². The Balaban J connectivity index is 2.20. The number of nitrogens with one attached hydrogen (secondary N) is 1. The van der Waals surface area contributed by atoms with Gasteiger partial charge in [0.1, 0.15) is 0 Å². The van der Waals surface area contributed by atoms with Crippen LogP contribution in [0.25, 0.3) is 0 Å². The van der Waals surface area contributed by atoms with Crippen molar-refractivity contribution in [3.8, 4) is 6.07 Å². The number of anilines is 2. The molecule has 5 nitrogen and oxygen atoms in total.